The summed E-state index contributed by atoms with van der Waals surface area (Å²) >= 11 is 0. The fourth-order valence-electron chi connectivity index (χ4n) is 2.90. The zero-order valence-corrected chi connectivity index (χ0v) is 12.2. The smallest absolute Gasteiger partial charge is 0.338 e. The fraction of sp³-hybridized carbons (Fsp3) is 0.312. The quantitative estimate of drug-likeness (QED) is 0.800. The highest BCUT2D eigenvalue weighted by Crippen LogP contribution is 2.34. The summed E-state index contributed by atoms with van der Waals surface area (Å²) in [6, 6.07) is 3.71. The number of carboxylic acids is 1. The number of aliphatic hydroxyl groups is 1. The van der Waals surface area contributed by atoms with Gasteiger partial charge in [-0.3, -0.25) is 4.98 Å². The predicted molar refractivity (Wildman–Crippen MR) is 81.4 cm³/mol. The topological polar surface area (TPSA) is 109 Å². The average molecular weight is 317 g/mol. The van der Waals surface area contributed by atoms with Crippen molar-refractivity contribution in [2.45, 2.75) is 31.3 Å². The molecule has 0 saturated heterocycles. The molecule has 1 aromatic heterocycles. The molecule has 1 heterocycles. The van der Waals surface area contributed by atoms with E-state index in [1.807, 2.05) is 0 Å². The zero-order chi connectivity index (χ0) is 16.6. The highest BCUT2D eigenvalue weighted by Gasteiger charge is 2.26. The Hall–Kier alpha value is -2.54. The van der Waals surface area contributed by atoms with Crippen LogP contribution < -0.4 is 5.73 Å². The molecule has 0 unspecified atom stereocenters. The van der Waals surface area contributed by atoms with Crippen LogP contribution in [0, 0.1) is 5.82 Å². The van der Waals surface area contributed by atoms with Crippen molar-refractivity contribution in [1.29, 1.82) is 0 Å². The summed E-state index contributed by atoms with van der Waals surface area (Å²) in [6.45, 7) is 0. The number of hydrogen-bond acceptors (Lipinski definition) is 5. The molecule has 0 bridgehead atoms. The normalized spacial score (nSPS) is 20.6. The van der Waals surface area contributed by atoms with Crippen LogP contribution in [0.2, 0.25) is 0 Å². The van der Waals surface area contributed by atoms with E-state index in [0.29, 0.717) is 23.4 Å². The van der Waals surface area contributed by atoms with E-state index in [4.69, 9.17) is 10.8 Å². The van der Waals surface area contributed by atoms with E-state index in [1.165, 1.54) is 12.1 Å². The second-order valence-electron chi connectivity index (χ2n) is 5.69. The summed E-state index contributed by atoms with van der Waals surface area (Å²) in [4.78, 5) is 19.4. The van der Waals surface area contributed by atoms with Crippen LogP contribution >= 0.6 is 0 Å². The number of hydrogen-bond donors (Lipinski definition) is 3. The zero-order valence-electron chi connectivity index (χ0n) is 12.2. The van der Waals surface area contributed by atoms with E-state index in [2.05, 4.69) is 9.97 Å². The van der Waals surface area contributed by atoms with Crippen molar-refractivity contribution in [3.05, 3.63) is 41.5 Å². The molecule has 1 aliphatic carbocycles. The van der Waals surface area contributed by atoms with Gasteiger partial charge in [0.2, 0.25) is 0 Å². The van der Waals surface area contributed by atoms with E-state index >= 15 is 0 Å². The number of nitrogens with two attached hydrogens (primary N) is 1. The number of halogens is 1. The van der Waals surface area contributed by atoms with Crippen LogP contribution in [-0.2, 0) is 0 Å². The largest absolute Gasteiger partial charge is 0.478 e. The molecule has 1 aromatic carbocycles. The molecule has 6 nitrogen and oxygen atoms in total. The number of aromatic nitrogens is 2. The Morgan fingerprint density at radius 3 is 2.70 bits per heavy atom. The third kappa shape index (κ3) is 3.00. The van der Waals surface area contributed by atoms with Gasteiger partial charge in [0, 0.05) is 17.7 Å². The van der Waals surface area contributed by atoms with Gasteiger partial charge in [0.05, 0.1) is 17.4 Å². The fourth-order valence-corrected chi connectivity index (χ4v) is 2.90. The van der Waals surface area contributed by atoms with Crippen molar-refractivity contribution in [1.82, 2.24) is 9.97 Å². The Bertz CT molecular complexity index is 766. The van der Waals surface area contributed by atoms with Gasteiger partial charge in [-0.05, 0) is 31.4 Å². The highest BCUT2D eigenvalue weighted by atomic mass is 19.1. The van der Waals surface area contributed by atoms with Crippen molar-refractivity contribution in [3.8, 4) is 11.3 Å². The first-order valence-corrected chi connectivity index (χ1v) is 7.29. The van der Waals surface area contributed by atoms with E-state index in [0.717, 1.165) is 18.9 Å². The summed E-state index contributed by atoms with van der Waals surface area (Å²) in [5.74, 6) is -1.89. The maximum Gasteiger partial charge on any atom is 0.338 e. The molecule has 0 spiro atoms. The molecule has 2 atom stereocenters. The van der Waals surface area contributed by atoms with Crippen LogP contribution in [0.3, 0.4) is 0 Å². The lowest BCUT2D eigenvalue weighted by atomic mass is 10.0. The number of aliphatic hydroxyl groups excluding tert-OH is 1. The van der Waals surface area contributed by atoms with Gasteiger partial charge in [-0.25, -0.2) is 14.2 Å². The van der Waals surface area contributed by atoms with Gasteiger partial charge in [0.25, 0.3) is 0 Å². The molecule has 1 saturated carbocycles. The molecule has 23 heavy (non-hydrogen) atoms. The van der Waals surface area contributed by atoms with Gasteiger partial charge >= 0.3 is 5.97 Å². The number of anilines is 1. The van der Waals surface area contributed by atoms with Crippen molar-refractivity contribution in [2.24, 2.45) is 0 Å². The lowest BCUT2D eigenvalue weighted by molar-refractivity contribution is 0.0692. The van der Waals surface area contributed by atoms with Gasteiger partial charge in [-0.15, -0.1) is 0 Å². The molecule has 120 valence electrons. The minimum Gasteiger partial charge on any atom is -0.478 e. The van der Waals surface area contributed by atoms with Crippen LogP contribution in [0.1, 0.15) is 41.2 Å². The molecule has 3 rings (SSSR count). The number of aromatic carboxylic acids is 1. The van der Waals surface area contributed by atoms with Gasteiger partial charge in [-0.1, -0.05) is 6.07 Å². The Morgan fingerprint density at radius 1 is 1.35 bits per heavy atom. The van der Waals surface area contributed by atoms with Gasteiger partial charge in [0.1, 0.15) is 17.3 Å². The highest BCUT2D eigenvalue weighted by molar-refractivity contribution is 5.88. The van der Waals surface area contributed by atoms with Crippen LogP contribution in [0.25, 0.3) is 11.3 Å². The SMILES string of the molecule is Nc1nc([C@@H]2CC[C@@H](O)C2)cnc1-c1ccc(C(=O)O)c(F)c1. The average Bonchev–Trinajstić information content (AvgIpc) is 2.93. The Balaban J connectivity index is 1.92. The summed E-state index contributed by atoms with van der Waals surface area (Å²) in [7, 11) is 0. The third-order valence-corrected chi connectivity index (χ3v) is 4.11. The van der Waals surface area contributed by atoms with Crippen molar-refractivity contribution in [2.75, 3.05) is 5.73 Å². The number of nitrogens with zero attached hydrogens (tertiary/aromatic N) is 2. The number of carboxylic acid groups (broad SMARTS) is 1. The maximum atomic E-state index is 13.8. The number of carbonyl (C=O) groups is 1. The Labute approximate surface area is 131 Å². The minimum absolute atomic E-state index is 0.125. The summed E-state index contributed by atoms with van der Waals surface area (Å²) < 4.78 is 13.8. The molecule has 0 amide bonds. The number of rotatable bonds is 3. The standard InChI is InChI=1S/C16H16FN3O3/c17-12-6-9(2-4-11(12)16(22)23)14-15(18)20-13(7-19-14)8-1-3-10(21)5-8/h2,4,6-8,10,21H,1,3,5H2,(H2,18,20)(H,22,23)/t8-,10-/m1/s1. The molecule has 1 aliphatic rings. The molecular formula is C16H16FN3O3. The van der Waals surface area contributed by atoms with Crippen molar-refractivity contribution in [3.63, 3.8) is 0 Å². The van der Waals surface area contributed by atoms with Gasteiger partial charge in [-0.2, -0.15) is 0 Å². The van der Waals surface area contributed by atoms with Crippen LogP contribution in [0.15, 0.2) is 24.4 Å². The second-order valence-corrected chi connectivity index (χ2v) is 5.69. The second kappa shape index (κ2) is 5.92. The van der Waals surface area contributed by atoms with Crippen LogP contribution in [-0.4, -0.2) is 32.3 Å². The lowest BCUT2D eigenvalue weighted by Gasteiger charge is -2.11. The number of nitrogen functional groups attached to an aromatic ring is 1. The first-order valence-electron chi connectivity index (χ1n) is 7.29. The van der Waals surface area contributed by atoms with Crippen LogP contribution in [0.5, 0.6) is 0 Å². The molecule has 0 radical (unpaired) electrons. The summed E-state index contributed by atoms with van der Waals surface area (Å²) in [5.41, 5.74) is 6.92. The molecule has 4 N–H and O–H groups in total. The van der Waals surface area contributed by atoms with Crippen molar-refractivity contribution >= 4 is 11.8 Å². The number of benzene rings is 1. The molecule has 2 aromatic rings. The van der Waals surface area contributed by atoms with Crippen LogP contribution in [0.4, 0.5) is 10.2 Å². The van der Waals surface area contributed by atoms with Gasteiger partial charge < -0.3 is 15.9 Å². The lowest BCUT2D eigenvalue weighted by Crippen LogP contribution is -2.06. The summed E-state index contributed by atoms with van der Waals surface area (Å²) in [5, 5.41) is 18.4. The van der Waals surface area contributed by atoms with E-state index in [1.54, 1.807) is 6.20 Å². The maximum absolute atomic E-state index is 13.8. The first-order chi connectivity index (χ1) is 11.0. The molecule has 1 fully saturated rings. The minimum atomic E-state index is -1.33. The van der Waals surface area contributed by atoms with Crippen molar-refractivity contribution < 1.29 is 19.4 Å². The monoisotopic (exact) mass is 317 g/mol. The van der Waals surface area contributed by atoms with E-state index < -0.39 is 17.3 Å². The van der Waals surface area contributed by atoms with E-state index in [9.17, 15) is 14.3 Å². The molecular weight excluding hydrogens is 301 g/mol. The molecule has 0 aliphatic heterocycles. The Kier molecular flexibility index (Phi) is 3.96. The third-order valence-electron chi connectivity index (χ3n) is 4.11. The summed E-state index contributed by atoms with van der Waals surface area (Å²) in [6.07, 6.45) is 3.46. The molecule has 7 heteroatoms. The Morgan fingerprint density at radius 2 is 2.13 bits per heavy atom. The van der Waals surface area contributed by atoms with E-state index in [-0.39, 0.29) is 17.8 Å². The first kappa shape index (κ1) is 15.4. The van der Waals surface area contributed by atoms with Gasteiger partial charge in [0.15, 0.2) is 0 Å². The predicted octanol–water partition coefficient (Wildman–Crippen LogP) is 2.19.